The largest absolute Gasteiger partial charge is 0.348 e. The van der Waals surface area contributed by atoms with Gasteiger partial charge >= 0.3 is 0 Å². The molecule has 1 aromatic carbocycles. The Bertz CT molecular complexity index is 1060. The van der Waals surface area contributed by atoms with Crippen molar-refractivity contribution >= 4 is 5.91 Å². The van der Waals surface area contributed by atoms with E-state index in [1.165, 1.54) is 6.33 Å². The van der Waals surface area contributed by atoms with E-state index in [4.69, 9.17) is 0 Å². The van der Waals surface area contributed by atoms with Crippen molar-refractivity contribution in [3.63, 3.8) is 0 Å². The van der Waals surface area contributed by atoms with Crippen molar-refractivity contribution in [2.75, 3.05) is 0 Å². The number of amides is 1. The number of carbonyl (C=O) groups is 1. The molecule has 0 bridgehead atoms. The molecule has 1 amide bonds. The van der Waals surface area contributed by atoms with Gasteiger partial charge in [0, 0.05) is 30.7 Å². The topological polar surface area (TPSA) is 103 Å². The highest BCUT2D eigenvalue weighted by Crippen LogP contribution is 2.14. The highest BCUT2D eigenvalue weighted by molar-refractivity contribution is 5.94. The zero-order chi connectivity index (χ0) is 18.6. The van der Waals surface area contributed by atoms with E-state index in [-0.39, 0.29) is 5.91 Å². The standard InChI is InChI=1S/C18H16N8O/c1-13-9-15(3-4-16(13)26-12-21-23-24-26)18(27)20-11-14-5-7-19-17(10-14)25-8-2-6-22-25/h2-10,12H,11H2,1H3,(H,20,27). The number of pyridine rings is 1. The number of rotatable bonds is 5. The van der Waals surface area contributed by atoms with Gasteiger partial charge in [-0.3, -0.25) is 4.79 Å². The van der Waals surface area contributed by atoms with Gasteiger partial charge < -0.3 is 5.32 Å². The normalized spacial score (nSPS) is 10.7. The molecule has 0 spiro atoms. The number of aromatic nitrogens is 7. The van der Waals surface area contributed by atoms with Crippen molar-refractivity contribution < 1.29 is 4.79 Å². The maximum absolute atomic E-state index is 12.5. The van der Waals surface area contributed by atoms with Gasteiger partial charge in [0.1, 0.15) is 6.33 Å². The molecule has 0 fully saturated rings. The van der Waals surface area contributed by atoms with Crippen molar-refractivity contribution in [1.82, 2.24) is 40.3 Å². The molecule has 134 valence electrons. The minimum absolute atomic E-state index is 0.154. The van der Waals surface area contributed by atoms with Gasteiger partial charge in [-0.15, -0.1) is 5.10 Å². The van der Waals surface area contributed by atoms with Crippen molar-refractivity contribution in [2.45, 2.75) is 13.5 Å². The van der Waals surface area contributed by atoms with Crippen molar-refractivity contribution in [2.24, 2.45) is 0 Å². The summed E-state index contributed by atoms with van der Waals surface area (Å²) >= 11 is 0. The first-order chi connectivity index (χ1) is 13.2. The molecule has 0 atom stereocenters. The van der Waals surface area contributed by atoms with Gasteiger partial charge in [0.2, 0.25) is 0 Å². The third-order valence-electron chi connectivity index (χ3n) is 4.06. The summed E-state index contributed by atoms with van der Waals surface area (Å²) in [6, 6.07) is 11.0. The summed E-state index contributed by atoms with van der Waals surface area (Å²) in [7, 11) is 0. The summed E-state index contributed by atoms with van der Waals surface area (Å²) in [5.41, 5.74) is 3.24. The molecule has 27 heavy (non-hydrogen) atoms. The molecule has 3 heterocycles. The average Bonchev–Trinajstić information content (AvgIpc) is 3.40. The second kappa shape index (κ2) is 7.16. The Balaban J connectivity index is 1.45. The molecular formula is C18H16N8O. The van der Waals surface area contributed by atoms with E-state index in [2.05, 4.69) is 30.9 Å². The van der Waals surface area contributed by atoms with Crippen LogP contribution in [0.5, 0.6) is 0 Å². The number of aryl methyl sites for hydroxylation is 1. The monoisotopic (exact) mass is 360 g/mol. The van der Waals surface area contributed by atoms with Gasteiger partial charge in [0.25, 0.3) is 5.91 Å². The zero-order valence-electron chi connectivity index (χ0n) is 14.5. The summed E-state index contributed by atoms with van der Waals surface area (Å²) in [6.07, 6.45) is 6.73. The highest BCUT2D eigenvalue weighted by atomic mass is 16.1. The number of tetrazole rings is 1. The number of benzene rings is 1. The molecule has 0 saturated heterocycles. The Hall–Kier alpha value is -3.88. The molecule has 0 aliphatic carbocycles. The second-order valence-electron chi connectivity index (χ2n) is 5.91. The van der Waals surface area contributed by atoms with E-state index < -0.39 is 0 Å². The van der Waals surface area contributed by atoms with Crippen LogP contribution in [0, 0.1) is 6.92 Å². The van der Waals surface area contributed by atoms with E-state index in [0.717, 1.165) is 16.8 Å². The number of hydrogen-bond acceptors (Lipinski definition) is 6. The fourth-order valence-electron chi connectivity index (χ4n) is 2.71. The van der Waals surface area contributed by atoms with Crippen LogP contribution >= 0.6 is 0 Å². The zero-order valence-corrected chi connectivity index (χ0v) is 14.5. The van der Waals surface area contributed by atoms with Crippen molar-refractivity contribution in [1.29, 1.82) is 0 Å². The molecule has 9 nitrogen and oxygen atoms in total. The molecule has 4 aromatic rings. The van der Waals surface area contributed by atoms with Crippen molar-refractivity contribution in [3.05, 3.63) is 78.0 Å². The van der Waals surface area contributed by atoms with E-state index in [1.54, 1.807) is 27.8 Å². The van der Waals surface area contributed by atoms with Gasteiger partial charge in [-0.1, -0.05) is 0 Å². The molecule has 0 unspecified atom stereocenters. The summed E-state index contributed by atoms with van der Waals surface area (Å²) in [6.45, 7) is 2.30. The van der Waals surface area contributed by atoms with Crippen LogP contribution in [0.15, 0.2) is 61.3 Å². The molecule has 4 rings (SSSR count). The number of carbonyl (C=O) groups excluding carboxylic acids is 1. The van der Waals surface area contributed by atoms with Crippen molar-refractivity contribution in [3.8, 4) is 11.5 Å². The summed E-state index contributed by atoms with van der Waals surface area (Å²) in [5, 5.41) is 18.2. The summed E-state index contributed by atoms with van der Waals surface area (Å²) < 4.78 is 3.23. The molecule has 9 heteroatoms. The fourth-order valence-corrected chi connectivity index (χ4v) is 2.71. The second-order valence-corrected chi connectivity index (χ2v) is 5.91. The Morgan fingerprint density at radius 3 is 2.81 bits per heavy atom. The predicted octanol–water partition coefficient (Wildman–Crippen LogP) is 1.48. The maximum atomic E-state index is 12.5. The van der Waals surface area contributed by atoms with Crippen LogP contribution in [0.3, 0.4) is 0 Å². The minimum atomic E-state index is -0.154. The van der Waals surface area contributed by atoms with Crippen LogP contribution in [0.1, 0.15) is 21.5 Å². The fraction of sp³-hybridized carbons (Fsp3) is 0.111. The van der Waals surface area contributed by atoms with Crippen LogP contribution < -0.4 is 5.32 Å². The lowest BCUT2D eigenvalue weighted by molar-refractivity contribution is 0.0951. The molecule has 0 saturated carbocycles. The molecule has 0 aliphatic heterocycles. The lowest BCUT2D eigenvalue weighted by Gasteiger charge is -2.09. The van der Waals surface area contributed by atoms with Gasteiger partial charge in [-0.2, -0.15) is 5.10 Å². The van der Waals surface area contributed by atoms with Gasteiger partial charge in [0.05, 0.1) is 5.69 Å². The Kier molecular flexibility index (Phi) is 4.40. The maximum Gasteiger partial charge on any atom is 0.251 e. The number of nitrogens with one attached hydrogen (secondary N) is 1. The Morgan fingerprint density at radius 1 is 1.15 bits per heavy atom. The van der Waals surface area contributed by atoms with Crippen LogP contribution in [-0.2, 0) is 6.54 Å². The molecular weight excluding hydrogens is 344 g/mol. The van der Waals surface area contributed by atoms with Crippen LogP contribution in [-0.4, -0.2) is 40.9 Å². The lowest BCUT2D eigenvalue weighted by Crippen LogP contribution is -2.23. The van der Waals surface area contributed by atoms with Crippen LogP contribution in [0.25, 0.3) is 11.5 Å². The molecule has 1 N–H and O–H groups in total. The Labute approximate surface area is 154 Å². The summed E-state index contributed by atoms with van der Waals surface area (Å²) in [5.74, 6) is 0.548. The van der Waals surface area contributed by atoms with E-state index in [0.29, 0.717) is 17.9 Å². The smallest absolute Gasteiger partial charge is 0.251 e. The summed E-state index contributed by atoms with van der Waals surface area (Å²) in [4.78, 5) is 16.8. The van der Waals surface area contributed by atoms with Gasteiger partial charge in [0.15, 0.2) is 5.82 Å². The average molecular weight is 360 g/mol. The molecule has 0 aliphatic rings. The van der Waals surface area contributed by atoms with E-state index in [1.807, 2.05) is 43.5 Å². The number of hydrogen-bond donors (Lipinski definition) is 1. The quantitative estimate of drug-likeness (QED) is 0.578. The van der Waals surface area contributed by atoms with Gasteiger partial charge in [-0.05, 0) is 64.9 Å². The third kappa shape index (κ3) is 3.56. The third-order valence-corrected chi connectivity index (χ3v) is 4.06. The van der Waals surface area contributed by atoms with Crippen LogP contribution in [0.4, 0.5) is 0 Å². The number of nitrogens with zero attached hydrogens (tertiary/aromatic N) is 7. The highest BCUT2D eigenvalue weighted by Gasteiger charge is 2.10. The first kappa shape index (κ1) is 16.6. The van der Waals surface area contributed by atoms with Gasteiger partial charge in [-0.25, -0.2) is 14.3 Å². The molecule has 0 radical (unpaired) electrons. The Morgan fingerprint density at radius 2 is 2.07 bits per heavy atom. The minimum Gasteiger partial charge on any atom is -0.348 e. The molecule has 3 aromatic heterocycles. The SMILES string of the molecule is Cc1cc(C(=O)NCc2ccnc(-n3cccn3)c2)ccc1-n1cnnn1. The first-order valence-corrected chi connectivity index (χ1v) is 8.28. The van der Waals surface area contributed by atoms with E-state index >= 15 is 0 Å². The first-order valence-electron chi connectivity index (χ1n) is 8.28. The van der Waals surface area contributed by atoms with Crippen LogP contribution in [0.2, 0.25) is 0 Å². The lowest BCUT2D eigenvalue weighted by atomic mass is 10.1. The van der Waals surface area contributed by atoms with E-state index in [9.17, 15) is 4.79 Å². The predicted molar refractivity (Wildman–Crippen MR) is 96.4 cm³/mol.